The number of ether oxygens (including phenoxy) is 1. The zero-order valence-electron chi connectivity index (χ0n) is 19.4. The van der Waals surface area contributed by atoms with Gasteiger partial charge in [0, 0.05) is 60.4 Å². The second-order valence-electron chi connectivity index (χ2n) is 9.25. The molecule has 1 aliphatic rings. The lowest BCUT2D eigenvalue weighted by Crippen LogP contribution is -2.33. The van der Waals surface area contributed by atoms with Crippen LogP contribution in [-0.2, 0) is 0 Å². The minimum absolute atomic E-state index is 0.488. The number of aromatic amines is 1. The van der Waals surface area contributed by atoms with E-state index in [1.54, 1.807) is 12.4 Å². The Morgan fingerprint density at radius 3 is 2.70 bits per heavy atom. The van der Waals surface area contributed by atoms with Crippen molar-refractivity contribution in [1.82, 2.24) is 19.9 Å². The molecule has 1 aromatic carbocycles. The van der Waals surface area contributed by atoms with Gasteiger partial charge in [0.05, 0.1) is 23.7 Å². The van der Waals surface area contributed by atoms with E-state index < -0.39 is 0 Å². The Labute approximate surface area is 195 Å². The molecule has 3 aromatic heterocycles. The van der Waals surface area contributed by atoms with Gasteiger partial charge in [0.15, 0.2) is 0 Å². The van der Waals surface area contributed by atoms with Crippen molar-refractivity contribution < 1.29 is 4.74 Å². The van der Waals surface area contributed by atoms with Gasteiger partial charge in [0.25, 0.3) is 0 Å². The third kappa shape index (κ3) is 5.00. The van der Waals surface area contributed by atoms with Crippen molar-refractivity contribution >= 4 is 16.6 Å². The fourth-order valence-corrected chi connectivity index (χ4v) is 4.47. The maximum absolute atomic E-state index is 5.93. The molecule has 0 amide bonds. The average Bonchev–Trinajstić information content (AvgIpc) is 3.28. The maximum atomic E-state index is 5.93. The highest BCUT2D eigenvalue weighted by Gasteiger charge is 2.22. The first kappa shape index (κ1) is 21.4. The molecule has 4 heterocycles. The molecule has 1 aliphatic heterocycles. The number of benzene rings is 1. The van der Waals surface area contributed by atoms with Crippen molar-refractivity contribution in [3.05, 3.63) is 66.9 Å². The number of aromatic nitrogens is 4. The highest BCUT2D eigenvalue weighted by atomic mass is 16.5. The molecule has 33 heavy (non-hydrogen) atoms. The average molecular weight is 442 g/mol. The number of rotatable bonds is 7. The van der Waals surface area contributed by atoms with Crippen LogP contribution >= 0.6 is 0 Å². The molecule has 6 nitrogen and oxygen atoms in total. The molecule has 4 aromatic rings. The van der Waals surface area contributed by atoms with Gasteiger partial charge in [-0.3, -0.25) is 15.0 Å². The monoisotopic (exact) mass is 441 g/mol. The number of piperidine rings is 1. The molecule has 170 valence electrons. The lowest BCUT2D eigenvalue weighted by Gasteiger charge is -2.33. The summed E-state index contributed by atoms with van der Waals surface area (Å²) >= 11 is 0. The van der Waals surface area contributed by atoms with Crippen LogP contribution in [0.25, 0.3) is 22.3 Å². The number of hydrogen-bond acceptors (Lipinski definition) is 5. The van der Waals surface area contributed by atoms with Gasteiger partial charge in [-0.15, -0.1) is 0 Å². The fraction of sp³-hybridized carbons (Fsp3) is 0.370. The highest BCUT2D eigenvalue weighted by molar-refractivity contribution is 5.86. The summed E-state index contributed by atoms with van der Waals surface area (Å²) in [5.74, 6) is 2.05. The van der Waals surface area contributed by atoms with Crippen LogP contribution in [0.4, 0.5) is 5.69 Å². The minimum atomic E-state index is 0.488. The number of pyridine rings is 1. The molecule has 0 saturated carbocycles. The van der Waals surface area contributed by atoms with Crippen molar-refractivity contribution in [3.63, 3.8) is 0 Å². The summed E-state index contributed by atoms with van der Waals surface area (Å²) in [6, 6.07) is 12.7. The van der Waals surface area contributed by atoms with Gasteiger partial charge < -0.3 is 14.6 Å². The van der Waals surface area contributed by atoms with Gasteiger partial charge in [-0.05, 0) is 61.6 Å². The number of nitrogens with one attached hydrogen (secondary N) is 1. The first-order valence-electron chi connectivity index (χ1n) is 11.9. The second kappa shape index (κ2) is 9.61. The van der Waals surface area contributed by atoms with Gasteiger partial charge in [-0.1, -0.05) is 13.8 Å². The third-order valence-electron chi connectivity index (χ3n) is 6.44. The van der Waals surface area contributed by atoms with E-state index in [1.165, 1.54) is 5.69 Å². The molecule has 0 bridgehead atoms. The predicted molar refractivity (Wildman–Crippen MR) is 133 cm³/mol. The molecule has 0 radical (unpaired) electrons. The molecule has 0 unspecified atom stereocenters. The largest absolute Gasteiger partial charge is 0.494 e. The first-order chi connectivity index (χ1) is 16.2. The summed E-state index contributed by atoms with van der Waals surface area (Å²) in [5.41, 5.74) is 5.41. The number of fused-ring (bicyclic) bond motifs is 1. The standard InChI is InChI=1S/C27H31N5O/c1-19(2)8-14-33-23-3-4-24-21(15-23)16-26(31-24)25-17-22(5-9-29-25)32-12-6-20(7-13-32)27-18-28-10-11-30-27/h3-5,9-11,15-20,31H,6-8,12-14H2,1-2H3. The van der Waals surface area contributed by atoms with Crippen molar-refractivity contribution in [2.45, 2.75) is 39.0 Å². The quantitative estimate of drug-likeness (QED) is 0.391. The van der Waals surface area contributed by atoms with Crippen molar-refractivity contribution in [3.8, 4) is 17.1 Å². The summed E-state index contributed by atoms with van der Waals surface area (Å²) in [7, 11) is 0. The van der Waals surface area contributed by atoms with Crippen LogP contribution in [0.3, 0.4) is 0 Å². The molecule has 6 heteroatoms. The Hall–Kier alpha value is -3.41. The zero-order chi connectivity index (χ0) is 22.6. The summed E-state index contributed by atoms with van der Waals surface area (Å²) < 4.78 is 5.93. The van der Waals surface area contributed by atoms with Crippen LogP contribution in [0.2, 0.25) is 0 Å². The lowest BCUT2D eigenvalue weighted by molar-refractivity contribution is 0.290. The van der Waals surface area contributed by atoms with Crippen LogP contribution in [0.15, 0.2) is 61.2 Å². The number of H-pyrrole nitrogens is 1. The SMILES string of the molecule is CC(C)CCOc1ccc2[nH]c(-c3cc(N4CCC(c5cnccn5)CC4)ccn3)cc2c1. The number of nitrogens with zero attached hydrogens (tertiary/aromatic N) is 4. The maximum Gasteiger partial charge on any atom is 0.120 e. The van der Waals surface area contributed by atoms with E-state index in [4.69, 9.17) is 4.74 Å². The molecule has 1 N–H and O–H groups in total. The minimum Gasteiger partial charge on any atom is -0.494 e. The first-order valence-corrected chi connectivity index (χ1v) is 11.9. The van der Waals surface area contributed by atoms with E-state index in [0.717, 1.165) is 72.7 Å². The Kier molecular flexibility index (Phi) is 6.24. The molecule has 0 atom stereocenters. The van der Waals surface area contributed by atoms with Crippen LogP contribution in [0.1, 0.15) is 44.7 Å². The molecule has 0 spiro atoms. The van der Waals surface area contributed by atoms with Crippen molar-refractivity contribution in [2.75, 3.05) is 24.6 Å². The van der Waals surface area contributed by atoms with Gasteiger partial charge in [-0.2, -0.15) is 0 Å². The van der Waals surface area contributed by atoms with Crippen LogP contribution < -0.4 is 9.64 Å². The van der Waals surface area contributed by atoms with E-state index in [2.05, 4.69) is 69.0 Å². The summed E-state index contributed by atoms with van der Waals surface area (Å²) in [5, 5.41) is 1.14. The van der Waals surface area contributed by atoms with Gasteiger partial charge in [0.1, 0.15) is 5.75 Å². The van der Waals surface area contributed by atoms with E-state index in [1.807, 2.05) is 18.5 Å². The molecule has 0 aliphatic carbocycles. The van der Waals surface area contributed by atoms with E-state index in [0.29, 0.717) is 11.8 Å². The third-order valence-corrected chi connectivity index (χ3v) is 6.44. The van der Waals surface area contributed by atoms with E-state index in [-0.39, 0.29) is 0 Å². The predicted octanol–water partition coefficient (Wildman–Crippen LogP) is 5.83. The van der Waals surface area contributed by atoms with Gasteiger partial charge in [0.2, 0.25) is 0 Å². The van der Waals surface area contributed by atoms with Crippen LogP contribution in [0, 0.1) is 5.92 Å². The normalized spacial score (nSPS) is 14.8. The number of anilines is 1. The second-order valence-corrected chi connectivity index (χ2v) is 9.25. The summed E-state index contributed by atoms with van der Waals surface area (Å²) in [6.07, 6.45) is 10.6. The zero-order valence-corrected chi connectivity index (χ0v) is 19.4. The molecular weight excluding hydrogens is 410 g/mol. The molecule has 1 fully saturated rings. The van der Waals surface area contributed by atoms with Crippen LogP contribution in [0.5, 0.6) is 5.75 Å². The molecule has 1 saturated heterocycles. The Bertz CT molecular complexity index is 1200. The molecule has 5 rings (SSSR count). The summed E-state index contributed by atoms with van der Waals surface area (Å²) in [4.78, 5) is 19.3. The fourth-order valence-electron chi connectivity index (χ4n) is 4.47. The van der Waals surface area contributed by atoms with Gasteiger partial charge in [-0.25, -0.2) is 0 Å². The molecular formula is C27H31N5O. The highest BCUT2D eigenvalue weighted by Crippen LogP contribution is 2.31. The lowest BCUT2D eigenvalue weighted by atomic mass is 9.93. The topological polar surface area (TPSA) is 66.9 Å². The van der Waals surface area contributed by atoms with Crippen LogP contribution in [-0.4, -0.2) is 39.6 Å². The van der Waals surface area contributed by atoms with E-state index >= 15 is 0 Å². The smallest absolute Gasteiger partial charge is 0.120 e. The Morgan fingerprint density at radius 1 is 1.03 bits per heavy atom. The Balaban J connectivity index is 1.29. The van der Waals surface area contributed by atoms with Crippen molar-refractivity contribution in [2.24, 2.45) is 5.92 Å². The van der Waals surface area contributed by atoms with Crippen molar-refractivity contribution in [1.29, 1.82) is 0 Å². The van der Waals surface area contributed by atoms with Gasteiger partial charge >= 0.3 is 0 Å². The Morgan fingerprint density at radius 2 is 1.91 bits per heavy atom. The summed E-state index contributed by atoms with van der Waals surface area (Å²) in [6.45, 7) is 7.19. The number of hydrogen-bond donors (Lipinski definition) is 1. The van der Waals surface area contributed by atoms with E-state index in [9.17, 15) is 0 Å².